The second-order valence-electron chi connectivity index (χ2n) is 6.32. The van der Waals surface area contributed by atoms with Gasteiger partial charge in [-0.25, -0.2) is 0 Å². The zero-order valence-corrected chi connectivity index (χ0v) is 14.9. The highest BCUT2D eigenvalue weighted by molar-refractivity contribution is 5.85. The average molecular weight is 332 g/mol. The van der Waals surface area contributed by atoms with Crippen LogP contribution in [0, 0.1) is 12.8 Å². The lowest BCUT2D eigenvalue weighted by Crippen LogP contribution is -2.48. The van der Waals surface area contributed by atoms with Gasteiger partial charge in [-0.15, -0.1) is 0 Å². The van der Waals surface area contributed by atoms with Gasteiger partial charge in [0, 0.05) is 33.2 Å². The third-order valence-corrected chi connectivity index (χ3v) is 4.63. The first-order chi connectivity index (χ1) is 11.6. The first-order valence-electron chi connectivity index (χ1n) is 8.71. The molecule has 1 aromatic rings. The number of carbonyl (C=O) groups excluding carboxylic acids is 2. The molecule has 0 unspecified atom stereocenters. The van der Waals surface area contributed by atoms with Gasteiger partial charge in [-0.3, -0.25) is 9.59 Å². The predicted octanol–water partition coefficient (Wildman–Crippen LogP) is 2.45. The van der Waals surface area contributed by atoms with Crippen LogP contribution >= 0.6 is 0 Å². The number of piperidine rings is 1. The largest absolute Gasteiger partial charge is 0.385 e. The van der Waals surface area contributed by atoms with Crippen LogP contribution in [-0.2, 0) is 14.3 Å². The molecule has 0 aromatic heterocycles. The van der Waals surface area contributed by atoms with Crippen molar-refractivity contribution in [2.45, 2.75) is 39.2 Å². The number of aryl methyl sites for hydroxylation is 1. The van der Waals surface area contributed by atoms with E-state index in [0.717, 1.165) is 12.0 Å². The normalized spacial score (nSPS) is 21.0. The molecular weight excluding hydrogens is 304 g/mol. The maximum Gasteiger partial charge on any atom is 0.225 e. The van der Waals surface area contributed by atoms with Crippen molar-refractivity contribution < 1.29 is 14.3 Å². The van der Waals surface area contributed by atoms with Gasteiger partial charge in [-0.2, -0.15) is 0 Å². The highest BCUT2D eigenvalue weighted by Crippen LogP contribution is 2.36. The van der Waals surface area contributed by atoms with E-state index in [4.69, 9.17) is 4.74 Å². The number of ether oxygens (including phenoxy) is 1. The third-order valence-electron chi connectivity index (χ3n) is 4.63. The number of nitrogens with one attached hydrogen (secondary N) is 1. The molecule has 0 radical (unpaired) electrons. The van der Waals surface area contributed by atoms with Crippen LogP contribution in [-0.4, -0.2) is 43.5 Å². The molecule has 1 saturated heterocycles. The van der Waals surface area contributed by atoms with Gasteiger partial charge in [0.05, 0.1) is 12.0 Å². The molecule has 0 aliphatic carbocycles. The van der Waals surface area contributed by atoms with Crippen molar-refractivity contribution in [1.29, 1.82) is 0 Å². The summed E-state index contributed by atoms with van der Waals surface area (Å²) >= 11 is 0. The second-order valence-corrected chi connectivity index (χ2v) is 6.32. The summed E-state index contributed by atoms with van der Waals surface area (Å²) in [6.07, 6.45) is 1.83. The molecule has 1 heterocycles. The van der Waals surface area contributed by atoms with Crippen molar-refractivity contribution in [2.24, 2.45) is 5.92 Å². The molecule has 1 fully saturated rings. The molecule has 1 N–H and O–H groups in total. The third kappa shape index (κ3) is 4.35. The van der Waals surface area contributed by atoms with Crippen LogP contribution < -0.4 is 5.32 Å². The number of rotatable bonds is 7. The van der Waals surface area contributed by atoms with E-state index in [1.807, 2.05) is 43.0 Å². The van der Waals surface area contributed by atoms with E-state index in [-0.39, 0.29) is 23.8 Å². The van der Waals surface area contributed by atoms with Gasteiger partial charge in [-0.05, 0) is 32.3 Å². The van der Waals surface area contributed by atoms with Crippen LogP contribution in [0.15, 0.2) is 24.3 Å². The van der Waals surface area contributed by atoms with Gasteiger partial charge in [0.2, 0.25) is 11.8 Å². The molecule has 5 nitrogen and oxygen atoms in total. The number of hydrogen-bond donors (Lipinski definition) is 1. The fourth-order valence-electron chi connectivity index (χ4n) is 3.34. The Kier molecular flexibility index (Phi) is 6.79. The molecule has 2 atom stereocenters. The van der Waals surface area contributed by atoms with E-state index >= 15 is 0 Å². The summed E-state index contributed by atoms with van der Waals surface area (Å²) in [5.41, 5.74) is 2.21. The van der Waals surface area contributed by atoms with Crippen molar-refractivity contribution >= 4 is 11.8 Å². The summed E-state index contributed by atoms with van der Waals surface area (Å²) in [4.78, 5) is 26.9. The standard InChI is InChI=1S/C19H28N2O3/c1-4-21-17(22)11-10-16(19(23)20-12-5-13-24-3)18(21)15-8-6-14(2)7-9-15/h6-9,16,18H,4-5,10-13H2,1-3H3,(H,20,23)/t16-,18+/m1/s1. The topological polar surface area (TPSA) is 58.6 Å². The highest BCUT2D eigenvalue weighted by atomic mass is 16.5. The van der Waals surface area contributed by atoms with Crippen LogP contribution in [0.2, 0.25) is 0 Å². The molecule has 0 saturated carbocycles. The van der Waals surface area contributed by atoms with Crippen molar-refractivity contribution in [3.8, 4) is 0 Å². The van der Waals surface area contributed by atoms with Crippen LogP contribution in [0.25, 0.3) is 0 Å². The molecule has 1 aliphatic heterocycles. The zero-order chi connectivity index (χ0) is 17.5. The Labute approximate surface area is 144 Å². The van der Waals surface area contributed by atoms with Crippen molar-refractivity contribution in [3.05, 3.63) is 35.4 Å². The predicted molar refractivity (Wildman–Crippen MR) is 93.5 cm³/mol. The molecule has 24 heavy (non-hydrogen) atoms. The fraction of sp³-hybridized carbons (Fsp3) is 0.579. The Morgan fingerprint density at radius 1 is 1.33 bits per heavy atom. The number of methoxy groups -OCH3 is 1. The molecule has 2 rings (SSSR count). The van der Waals surface area contributed by atoms with E-state index in [0.29, 0.717) is 32.5 Å². The molecule has 2 amide bonds. The van der Waals surface area contributed by atoms with Crippen molar-refractivity contribution in [3.63, 3.8) is 0 Å². The van der Waals surface area contributed by atoms with Crippen LogP contribution in [0.3, 0.4) is 0 Å². The minimum Gasteiger partial charge on any atom is -0.385 e. The van der Waals surface area contributed by atoms with Crippen LogP contribution in [0.5, 0.6) is 0 Å². The van der Waals surface area contributed by atoms with E-state index in [2.05, 4.69) is 5.32 Å². The van der Waals surface area contributed by atoms with E-state index in [1.165, 1.54) is 5.56 Å². The molecule has 1 aromatic carbocycles. The van der Waals surface area contributed by atoms with E-state index < -0.39 is 0 Å². The maximum atomic E-state index is 12.7. The molecular formula is C19H28N2O3. The lowest BCUT2D eigenvalue weighted by Gasteiger charge is -2.40. The zero-order valence-electron chi connectivity index (χ0n) is 14.9. The van der Waals surface area contributed by atoms with Gasteiger partial charge in [0.1, 0.15) is 0 Å². The first kappa shape index (κ1) is 18.5. The highest BCUT2D eigenvalue weighted by Gasteiger charge is 2.39. The molecule has 0 spiro atoms. The van der Waals surface area contributed by atoms with Crippen molar-refractivity contribution in [1.82, 2.24) is 10.2 Å². The summed E-state index contributed by atoms with van der Waals surface area (Å²) in [5.74, 6) is -0.0398. The molecule has 5 heteroatoms. The Bertz CT molecular complexity index is 556. The monoisotopic (exact) mass is 332 g/mol. The number of hydrogen-bond acceptors (Lipinski definition) is 3. The van der Waals surface area contributed by atoms with E-state index in [9.17, 15) is 9.59 Å². The molecule has 0 bridgehead atoms. The number of nitrogens with zero attached hydrogens (tertiary/aromatic N) is 1. The Hall–Kier alpha value is -1.88. The summed E-state index contributed by atoms with van der Waals surface area (Å²) in [7, 11) is 1.65. The smallest absolute Gasteiger partial charge is 0.225 e. The first-order valence-corrected chi connectivity index (χ1v) is 8.71. The quantitative estimate of drug-likeness (QED) is 0.780. The summed E-state index contributed by atoms with van der Waals surface area (Å²) in [5, 5.41) is 3.00. The molecule has 1 aliphatic rings. The second kappa shape index (κ2) is 8.83. The molecule has 132 valence electrons. The summed E-state index contributed by atoms with van der Waals surface area (Å²) in [6, 6.07) is 7.96. The number of benzene rings is 1. The van der Waals surface area contributed by atoms with E-state index in [1.54, 1.807) is 7.11 Å². The maximum absolute atomic E-state index is 12.7. The lowest BCUT2D eigenvalue weighted by atomic mass is 9.83. The van der Waals surface area contributed by atoms with Gasteiger partial charge in [0.25, 0.3) is 0 Å². The number of carbonyl (C=O) groups is 2. The Morgan fingerprint density at radius 2 is 2.04 bits per heavy atom. The number of likely N-dealkylation sites (tertiary alicyclic amines) is 1. The average Bonchev–Trinajstić information content (AvgIpc) is 2.59. The Balaban J connectivity index is 2.18. The summed E-state index contributed by atoms with van der Waals surface area (Å²) < 4.78 is 5.02. The minimum absolute atomic E-state index is 0.0302. The van der Waals surface area contributed by atoms with Crippen LogP contribution in [0.1, 0.15) is 43.4 Å². The van der Waals surface area contributed by atoms with Gasteiger partial charge in [-0.1, -0.05) is 29.8 Å². The van der Waals surface area contributed by atoms with Crippen molar-refractivity contribution in [2.75, 3.05) is 26.8 Å². The SMILES string of the molecule is CCN1C(=O)CC[C@@H](C(=O)NCCCOC)[C@@H]1c1ccc(C)cc1. The van der Waals surface area contributed by atoms with Gasteiger partial charge in [0.15, 0.2) is 0 Å². The number of amides is 2. The van der Waals surface area contributed by atoms with Gasteiger partial charge < -0.3 is 15.0 Å². The fourth-order valence-corrected chi connectivity index (χ4v) is 3.34. The van der Waals surface area contributed by atoms with Gasteiger partial charge >= 0.3 is 0 Å². The Morgan fingerprint density at radius 3 is 2.67 bits per heavy atom. The minimum atomic E-state index is -0.201. The summed E-state index contributed by atoms with van der Waals surface area (Å²) in [6.45, 7) is 5.85. The lowest BCUT2D eigenvalue weighted by molar-refractivity contribution is -0.143. The van der Waals surface area contributed by atoms with Crippen LogP contribution in [0.4, 0.5) is 0 Å².